The molecule has 1 unspecified atom stereocenters. The van der Waals surface area contributed by atoms with Crippen molar-refractivity contribution in [3.8, 4) is 5.75 Å². The van der Waals surface area contributed by atoms with Crippen LogP contribution in [0.2, 0.25) is 0 Å². The normalized spacial score (nSPS) is 13.6. The van der Waals surface area contributed by atoms with Crippen molar-refractivity contribution in [3.63, 3.8) is 0 Å². The number of nitrogens with one attached hydrogen (secondary N) is 1. The highest BCUT2D eigenvalue weighted by atomic mass is 19.4. The topological polar surface area (TPSA) is 25.0 Å². The lowest BCUT2D eigenvalue weighted by Gasteiger charge is -2.14. The van der Waals surface area contributed by atoms with Gasteiger partial charge in [0.25, 0.3) is 0 Å². The number of aromatic amines is 1. The molecule has 2 nitrogen and oxygen atoms in total. The van der Waals surface area contributed by atoms with Gasteiger partial charge in [0, 0.05) is 11.6 Å². The molecular weight excluding hydrogens is 279 g/mol. The number of rotatable bonds is 6. The third-order valence-corrected chi connectivity index (χ3v) is 3.77. The molecule has 0 aliphatic carbocycles. The lowest BCUT2D eigenvalue weighted by Crippen LogP contribution is -2.17. The van der Waals surface area contributed by atoms with Gasteiger partial charge in [-0.05, 0) is 30.4 Å². The average Bonchev–Trinajstić information content (AvgIpc) is 2.83. The molecule has 0 aliphatic heterocycles. The second-order valence-electron chi connectivity index (χ2n) is 5.22. The van der Waals surface area contributed by atoms with Crippen LogP contribution < -0.4 is 4.74 Å². The van der Waals surface area contributed by atoms with Crippen LogP contribution in [0.1, 0.15) is 51.0 Å². The number of ether oxygens (including phenoxy) is 1. The van der Waals surface area contributed by atoms with E-state index in [9.17, 15) is 13.2 Å². The van der Waals surface area contributed by atoms with E-state index in [2.05, 4.69) is 23.6 Å². The van der Waals surface area contributed by atoms with Crippen LogP contribution in [0.3, 0.4) is 0 Å². The highest BCUT2D eigenvalue weighted by Gasteiger charge is 2.32. The lowest BCUT2D eigenvalue weighted by molar-refractivity contribution is -0.274. The summed E-state index contributed by atoms with van der Waals surface area (Å²) in [6.45, 7) is 4.24. The number of alkyl halides is 3. The van der Waals surface area contributed by atoms with E-state index in [-0.39, 0.29) is 5.75 Å². The van der Waals surface area contributed by atoms with E-state index < -0.39 is 6.36 Å². The predicted octanol–water partition coefficient (Wildman–Crippen LogP) is 5.75. The fraction of sp³-hybridized carbons (Fsp3) is 0.500. The summed E-state index contributed by atoms with van der Waals surface area (Å²) in [4.78, 5) is 2.95. The third-order valence-electron chi connectivity index (χ3n) is 3.77. The molecular formula is C16H20F3NO. The Morgan fingerprint density at radius 3 is 2.62 bits per heavy atom. The minimum absolute atomic E-state index is 0.170. The van der Waals surface area contributed by atoms with Gasteiger partial charge < -0.3 is 9.72 Å². The number of H-pyrrole nitrogens is 1. The predicted molar refractivity (Wildman–Crippen MR) is 77.5 cm³/mol. The molecule has 0 bridgehead atoms. The van der Waals surface area contributed by atoms with Crippen molar-refractivity contribution in [1.29, 1.82) is 0 Å². The quantitative estimate of drug-likeness (QED) is 0.721. The van der Waals surface area contributed by atoms with E-state index in [1.54, 1.807) is 6.07 Å². The number of hydrogen-bond donors (Lipinski definition) is 1. The molecule has 2 aromatic rings. The molecule has 0 radical (unpaired) electrons. The molecule has 0 aliphatic rings. The molecule has 5 heteroatoms. The van der Waals surface area contributed by atoms with Gasteiger partial charge in [0.2, 0.25) is 0 Å². The van der Waals surface area contributed by atoms with Crippen LogP contribution in [-0.4, -0.2) is 11.3 Å². The van der Waals surface area contributed by atoms with Gasteiger partial charge in [-0.2, -0.15) is 0 Å². The molecule has 0 spiro atoms. The highest BCUT2D eigenvalue weighted by molar-refractivity contribution is 5.88. The number of aromatic nitrogens is 1. The summed E-state index contributed by atoms with van der Waals surface area (Å²) in [6.07, 6.45) is 1.39. The third kappa shape index (κ3) is 3.71. The lowest BCUT2D eigenvalue weighted by atomic mass is 9.91. The van der Waals surface area contributed by atoms with Crippen LogP contribution in [0, 0.1) is 0 Å². The smallest absolute Gasteiger partial charge is 0.404 e. The van der Waals surface area contributed by atoms with Crippen molar-refractivity contribution in [3.05, 3.63) is 30.0 Å². The summed E-state index contributed by atoms with van der Waals surface area (Å²) < 4.78 is 41.4. The van der Waals surface area contributed by atoms with Crippen LogP contribution in [-0.2, 0) is 0 Å². The van der Waals surface area contributed by atoms with Crippen LogP contribution >= 0.6 is 0 Å². The van der Waals surface area contributed by atoms with Gasteiger partial charge in [-0.3, -0.25) is 0 Å². The second kappa shape index (κ2) is 6.41. The summed E-state index contributed by atoms with van der Waals surface area (Å²) in [5, 5.41) is 0.819. The molecule has 1 atom stereocenters. The van der Waals surface area contributed by atoms with Crippen molar-refractivity contribution in [2.24, 2.45) is 0 Å². The summed E-state index contributed by atoms with van der Waals surface area (Å²) in [7, 11) is 0. The fourth-order valence-corrected chi connectivity index (χ4v) is 2.73. The summed E-state index contributed by atoms with van der Waals surface area (Å²) >= 11 is 0. The first-order chi connectivity index (χ1) is 9.96. The first-order valence-corrected chi connectivity index (χ1v) is 7.32. The molecule has 21 heavy (non-hydrogen) atoms. The zero-order chi connectivity index (χ0) is 15.5. The largest absolute Gasteiger partial charge is 0.573 e. The Bertz CT molecular complexity index is 589. The molecule has 2 rings (SSSR count). The SMILES string of the molecule is CCCCC(CC)c1c[nH]c2c(OC(F)(F)F)cccc12. The minimum atomic E-state index is -4.67. The number of fused-ring (bicyclic) bond motifs is 1. The minimum Gasteiger partial charge on any atom is -0.404 e. The van der Waals surface area contributed by atoms with E-state index in [1.807, 2.05) is 12.3 Å². The van der Waals surface area contributed by atoms with Crippen molar-refractivity contribution in [2.75, 3.05) is 0 Å². The Hall–Kier alpha value is -1.65. The molecule has 1 aromatic carbocycles. The zero-order valence-electron chi connectivity index (χ0n) is 12.3. The number of hydrogen-bond acceptors (Lipinski definition) is 1. The molecule has 0 fully saturated rings. The molecule has 0 saturated carbocycles. The number of unbranched alkanes of at least 4 members (excludes halogenated alkanes) is 1. The van der Waals surface area contributed by atoms with Gasteiger partial charge in [0.15, 0.2) is 5.75 Å². The maximum absolute atomic E-state index is 12.4. The van der Waals surface area contributed by atoms with Crippen molar-refractivity contribution in [2.45, 2.75) is 51.8 Å². The summed E-state index contributed by atoms with van der Waals surface area (Å²) in [5.74, 6) is 0.191. The van der Waals surface area contributed by atoms with E-state index in [0.29, 0.717) is 11.4 Å². The Morgan fingerprint density at radius 2 is 2.00 bits per heavy atom. The standard InChI is InChI=1S/C16H20F3NO/c1-3-5-7-11(4-2)13-10-20-15-12(13)8-6-9-14(15)21-16(17,18)19/h6,8-11,20H,3-5,7H2,1-2H3. The monoisotopic (exact) mass is 299 g/mol. The molecule has 0 saturated heterocycles. The van der Waals surface area contributed by atoms with E-state index in [1.165, 1.54) is 6.07 Å². The van der Waals surface area contributed by atoms with E-state index >= 15 is 0 Å². The van der Waals surface area contributed by atoms with Crippen molar-refractivity contribution in [1.82, 2.24) is 4.98 Å². The van der Waals surface area contributed by atoms with Gasteiger partial charge in [-0.25, -0.2) is 0 Å². The Labute approximate surface area is 122 Å². The van der Waals surface area contributed by atoms with Crippen LogP contribution in [0.25, 0.3) is 10.9 Å². The average molecular weight is 299 g/mol. The first kappa shape index (κ1) is 15.7. The van der Waals surface area contributed by atoms with Gasteiger partial charge in [-0.1, -0.05) is 38.8 Å². The van der Waals surface area contributed by atoms with Crippen molar-refractivity contribution >= 4 is 10.9 Å². The number of para-hydroxylation sites is 1. The first-order valence-electron chi connectivity index (χ1n) is 7.32. The van der Waals surface area contributed by atoms with Crippen LogP contribution in [0.15, 0.2) is 24.4 Å². The molecule has 0 amide bonds. The molecule has 1 aromatic heterocycles. The molecule has 1 N–H and O–H groups in total. The maximum Gasteiger partial charge on any atom is 0.573 e. The van der Waals surface area contributed by atoms with Gasteiger partial charge in [-0.15, -0.1) is 13.2 Å². The highest BCUT2D eigenvalue weighted by Crippen LogP contribution is 2.36. The Kier molecular flexibility index (Phi) is 4.80. The van der Waals surface area contributed by atoms with Crippen LogP contribution in [0.5, 0.6) is 5.75 Å². The molecule has 1 heterocycles. The number of benzene rings is 1. The fourth-order valence-electron chi connectivity index (χ4n) is 2.73. The van der Waals surface area contributed by atoms with E-state index in [4.69, 9.17) is 0 Å². The Morgan fingerprint density at radius 1 is 1.24 bits per heavy atom. The second-order valence-corrected chi connectivity index (χ2v) is 5.22. The van der Waals surface area contributed by atoms with Gasteiger partial charge in [0.05, 0.1) is 5.52 Å². The summed E-state index contributed by atoms with van der Waals surface area (Å²) in [6, 6.07) is 4.79. The summed E-state index contributed by atoms with van der Waals surface area (Å²) in [5.41, 5.74) is 1.49. The van der Waals surface area contributed by atoms with E-state index in [0.717, 1.165) is 36.6 Å². The maximum atomic E-state index is 12.4. The molecule has 116 valence electrons. The zero-order valence-corrected chi connectivity index (χ0v) is 12.3. The van der Waals surface area contributed by atoms with Gasteiger partial charge in [0.1, 0.15) is 0 Å². The Balaban J connectivity index is 2.37. The van der Waals surface area contributed by atoms with Crippen molar-refractivity contribution < 1.29 is 17.9 Å². The van der Waals surface area contributed by atoms with Gasteiger partial charge >= 0.3 is 6.36 Å². The van der Waals surface area contributed by atoms with Crippen LogP contribution in [0.4, 0.5) is 13.2 Å². The number of halogens is 3.